The van der Waals surface area contributed by atoms with E-state index in [1.54, 1.807) is 6.92 Å². The maximum Gasteiger partial charge on any atom is 0.249 e. The van der Waals surface area contributed by atoms with Crippen LogP contribution in [0.4, 0.5) is 0 Å². The molecule has 146 valence electrons. The third-order valence-corrected chi connectivity index (χ3v) is 4.26. The number of nitrogens with one attached hydrogen (secondary N) is 1. The third kappa shape index (κ3) is 7.83. The van der Waals surface area contributed by atoms with Gasteiger partial charge in [-0.25, -0.2) is 0 Å². The van der Waals surface area contributed by atoms with Crippen molar-refractivity contribution in [1.82, 2.24) is 5.32 Å². The molecule has 4 heteroatoms. The summed E-state index contributed by atoms with van der Waals surface area (Å²) in [6.45, 7) is 8.29. The van der Waals surface area contributed by atoms with Gasteiger partial charge >= 0.3 is 0 Å². The summed E-state index contributed by atoms with van der Waals surface area (Å²) in [5, 5.41) is 3.04. The molecule has 0 aliphatic heterocycles. The molecule has 0 heterocycles. The lowest BCUT2D eigenvalue weighted by atomic mass is 10.1. The highest BCUT2D eigenvalue weighted by atomic mass is 16.5. The van der Waals surface area contributed by atoms with Crippen LogP contribution in [0.15, 0.2) is 54.6 Å². The molecule has 0 aromatic heterocycles. The van der Waals surface area contributed by atoms with Crippen molar-refractivity contribution in [2.45, 2.75) is 65.4 Å². The van der Waals surface area contributed by atoms with Crippen LogP contribution >= 0.6 is 0 Å². The van der Waals surface area contributed by atoms with Crippen LogP contribution in [0.25, 0.3) is 0 Å². The van der Waals surface area contributed by atoms with Crippen LogP contribution in [0.5, 0.6) is 5.75 Å². The summed E-state index contributed by atoms with van der Waals surface area (Å²) < 4.78 is 11.3. The van der Waals surface area contributed by atoms with Crippen LogP contribution in [-0.4, -0.2) is 24.2 Å². The summed E-state index contributed by atoms with van der Waals surface area (Å²) in [6, 6.07) is 18.1. The molecule has 0 saturated carbocycles. The molecular weight excluding hydrogens is 338 g/mol. The minimum absolute atomic E-state index is 0.0703. The monoisotopic (exact) mass is 369 g/mol. The van der Waals surface area contributed by atoms with E-state index in [4.69, 9.17) is 9.47 Å². The molecule has 0 aliphatic carbocycles. The van der Waals surface area contributed by atoms with Gasteiger partial charge in [0.2, 0.25) is 5.91 Å². The Morgan fingerprint density at radius 1 is 0.926 bits per heavy atom. The predicted molar refractivity (Wildman–Crippen MR) is 109 cm³/mol. The minimum Gasteiger partial charge on any atom is -0.491 e. The Morgan fingerprint density at radius 3 is 2.22 bits per heavy atom. The summed E-state index contributed by atoms with van der Waals surface area (Å²) in [6.07, 6.45) is 1.49. The molecule has 2 rings (SSSR count). The SMILES string of the molecule is CC(CCc1ccc(OC(C)C)cc1)NC(=O)C(C)OCc1ccccc1. The molecule has 2 aromatic rings. The minimum atomic E-state index is -0.472. The Hall–Kier alpha value is -2.33. The molecule has 0 spiro atoms. The van der Waals surface area contributed by atoms with E-state index >= 15 is 0 Å². The van der Waals surface area contributed by atoms with E-state index in [9.17, 15) is 4.79 Å². The number of carbonyl (C=O) groups excluding carboxylic acids is 1. The van der Waals surface area contributed by atoms with Crippen molar-refractivity contribution in [2.75, 3.05) is 0 Å². The van der Waals surface area contributed by atoms with Gasteiger partial charge in [-0.05, 0) is 63.8 Å². The largest absolute Gasteiger partial charge is 0.491 e. The second-order valence-corrected chi connectivity index (χ2v) is 7.20. The molecule has 1 amide bonds. The van der Waals surface area contributed by atoms with Gasteiger partial charge in [0.15, 0.2) is 0 Å². The van der Waals surface area contributed by atoms with Gasteiger partial charge in [0.05, 0.1) is 12.7 Å². The topological polar surface area (TPSA) is 47.6 Å². The van der Waals surface area contributed by atoms with Gasteiger partial charge in [0.25, 0.3) is 0 Å². The Bertz CT molecular complexity index is 683. The number of rotatable bonds is 10. The van der Waals surface area contributed by atoms with Crippen LogP contribution < -0.4 is 10.1 Å². The summed E-state index contributed by atoms with van der Waals surface area (Å²) in [7, 11) is 0. The van der Waals surface area contributed by atoms with Crippen LogP contribution in [0.3, 0.4) is 0 Å². The molecule has 0 aliphatic rings. The fourth-order valence-electron chi connectivity index (χ4n) is 2.69. The Labute approximate surface area is 162 Å². The lowest BCUT2D eigenvalue weighted by Gasteiger charge is -2.18. The van der Waals surface area contributed by atoms with E-state index in [0.29, 0.717) is 6.61 Å². The summed E-state index contributed by atoms with van der Waals surface area (Å²) in [5.41, 5.74) is 2.30. The maximum atomic E-state index is 12.3. The van der Waals surface area contributed by atoms with Crippen molar-refractivity contribution in [1.29, 1.82) is 0 Å². The van der Waals surface area contributed by atoms with E-state index in [1.807, 2.05) is 63.2 Å². The molecular formula is C23H31NO3. The van der Waals surface area contributed by atoms with E-state index < -0.39 is 6.10 Å². The molecule has 2 aromatic carbocycles. The fourth-order valence-corrected chi connectivity index (χ4v) is 2.69. The smallest absolute Gasteiger partial charge is 0.249 e. The van der Waals surface area contributed by atoms with E-state index in [-0.39, 0.29) is 18.1 Å². The van der Waals surface area contributed by atoms with Crippen molar-refractivity contribution in [3.05, 3.63) is 65.7 Å². The molecule has 4 nitrogen and oxygen atoms in total. The number of hydrogen-bond donors (Lipinski definition) is 1. The van der Waals surface area contributed by atoms with Crippen LogP contribution in [0.2, 0.25) is 0 Å². The van der Waals surface area contributed by atoms with Gasteiger partial charge in [-0.2, -0.15) is 0 Å². The first-order valence-electron chi connectivity index (χ1n) is 9.65. The highest BCUT2D eigenvalue weighted by Gasteiger charge is 2.15. The highest BCUT2D eigenvalue weighted by molar-refractivity contribution is 5.80. The first-order chi connectivity index (χ1) is 12.9. The quantitative estimate of drug-likeness (QED) is 0.670. The molecule has 1 N–H and O–H groups in total. The standard InChI is InChI=1S/C23H31NO3/c1-17(2)27-22-14-12-20(13-15-22)11-10-18(3)24-23(25)19(4)26-16-21-8-6-5-7-9-21/h5-9,12-15,17-19H,10-11,16H2,1-4H3,(H,24,25). The van der Waals surface area contributed by atoms with Crippen molar-refractivity contribution in [2.24, 2.45) is 0 Å². The Kier molecular flexibility index (Phi) is 8.34. The number of benzene rings is 2. The molecule has 0 radical (unpaired) electrons. The number of carbonyl (C=O) groups is 1. The Balaban J connectivity index is 1.71. The van der Waals surface area contributed by atoms with Crippen molar-refractivity contribution in [3.63, 3.8) is 0 Å². The fraction of sp³-hybridized carbons (Fsp3) is 0.435. The van der Waals surface area contributed by atoms with Crippen molar-refractivity contribution >= 4 is 5.91 Å². The average Bonchev–Trinajstić information content (AvgIpc) is 2.66. The normalized spacial score (nSPS) is 13.2. The zero-order valence-corrected chi connectivity index (χ0v) is 16.8. The predicted octanol–water partition coefficient (Wildman–Crippen LogP) is 4.52. The van der Waals surface area contributed by atoms with Gasteiger partial charge in [-0.15, -0.1) is 0 Å². The molecule has 0 saturated heterocycles. The van der Waals surface area contributed by atoms with Crippen LogP contribution in [0.1, 0.15) is 45.2 Å². The van der Waals surface area contributed by atoms with Gasteiger partial charge in [-0.3, -0.25) is 4.79 Å². The zero-order chi connectivity index (χ0) is 19.6. The van der Waals surface area contributed by atoms with Crippen LogP contribution in [-0.2, 0) is 22.6 Å². The molecule has 27 heavy (non-hydrogen) atoms. The average molecular weight is 370 g/mol. The highest BCUT2D eigenvalue weighted by Crippen LogP contribution is 2.15. The number of ether oxygens (including phenoxy) is 2. The first-order valence-corrected chi connectivity index (χ1v) is 9.65. The lowest BCUT2D eigenvalue weighted by Crippen LogP contribution is -2.40. The van der Waals surface area contributed by atoms with E-state index in [2.05, 4.69) is 17.4 Å². The molecule has 2 atom stereocenters. The molecule has 0 bridgehead atoms. The van der Waals surface area contributed by atoms with Crippen molar-refractivity contribution in [3.8, 4) is 5.75 Å². The van der Waals surface area contributed by atoms with Crippen LogP contribution in [0, 0.1) is 0 Å². The lowest BCUT2D eigenvalue weighted by molar-refractivity contribution is -0.133. The number of aryl methyl sites for hydroxylation is 1. The van der Waals surface area contributed by atoms with E-state index in [0.717, 1.165) is 24.2 Å². The molecule has 2 unspecified atom stereocenters. The van der Waals surface area contributed by atoms with Crippen molar-refractivity contribution < 1.29 is 14.3 Å². The zero-order valence-electron chi connectivity index (χ0n) is 16.8. The first kappa shape index (κ1) is 21.0. The molecule has 0 fully saturated rings. The second-order valence-electron chi connectivity index (χ2n) is 7.20. The number of amides is 1. The van der Waals surface area contributed by atoms with Gasteiger partial charge in [0.1, 0.15) is 11.9 Å². The maximum absolute atomic E-state index is 12.3. The summed E-state index contributed by atoms with van der Waals surface area (Å²) >= 11 is 0. The van der Waals surface area contributed by atoms with E-state index in [1.165, 1.54) is 5.56 Å². The third-order valence-electron chi connectivity index (χ3n) is 4.26. The summed E-state index contributed by atoms with van der Waals surface area (Å²) in [5.74, 6) is 0.818. The van der Waals surface area contributed by atoms with Gasteiger partial charge in [0, 0.05) is 6.04 Å². The second kappa shape index (κ2) is 10.7. The summed E-state index contributed by atoms with van der Waals surface area (Å²) in [4.78, 5) is 12.3. The number of hydrogen-bond acceptors (Lipinski definition) is 3. The van der Waals surface area contributed by atoms with Gasteiger partial charge in [-0.1, -0.05) is 42.5 Å². The Morgan fingerprint density at radius 2 is 1.59 bits per heavy atom. The van der Waals surface area contributed by atoms with Gasteiger partial charge < -0.3 is 14.8 Å².